The number of hydrogen-bond donors (Lipinski definition) is 1. The molecule has 6 heteroatoms. The Labute approximate surface area is 91.4 Å². The van der Waals surface area contributed by atoms with Crippen LogP contribution in [0.5, 0.6) is 0 Å². The summed E-state index contributed by atoms with van der Waals surface area (Å²) in [6.07, 6.45) is 1.43. The van der Waals surface area contributed by atoms with Gasteiger partial charge in [-0.05, 0) is 37.7 Å². The van der Waals surface area contributed by atoms with Crippen molar-refractivity contribution in [3.05, 3.63) is 24.2 Å². The van der Waals surface area contributed by atoms with Crippen LogP contribution < -0.4 is 5.73 Å². The van der Waals surface area contributed by atoms with E-state index in [1.165, 1.54) is 6.26 Å². The van der Waals surface area contributed by atoms with Gasteiger partial charge in [0.15, 0.2) is 10.9 Å². The highest BCUT2D eigenvalue weighted by Gasteiger charge is 2.11. The van der Waals surface area contributed by atoms with Crippen LogP contribution in [0.3, 0.4) is 0 Å². The number of amidine groups is 1. The molecule has 0 radical (unpaired) electrons. The Hall–Kier alpha value is -1.56. The van der Waals surface area contributed by atoms with Gasteiger partial charge in [-0.2, -0.15) is 5.10 Å². The van der Waals surface area contributed by atoms with E-state index in [9.17, 15) is 4.79 Å². The van der Waals surface area contributed by atoms with Crippen LogP contribution in [0.15, 0.2) is 33.0 Å². The molecule has 0 atom stereocenters. The Kier molecular flexibility index (Phi) is 4.11. The third-order valence-electron chi connectivity index (χ3n) is 1.27. The summed E-state index contributed by atoms with van der Waals surface area (Å²) in [5.74, 6) is 0.246. The molecule has 80 valence electrons. The van der Waals surface area contributed by atoms with Crippen LogP contribution in [0.2, 0.25) is 0 Å². The second-order valence-corrected chi connectivity index (χ2v) is 3.85. The van der Waals surface area contributed by atoms with Crippen LogP contribution in [0.1, 0.15) is 24.4 Å². The van der Waals surface area contributed by atoms with Crippen molar-refractivity contribution in [2.75, 3.05) is 0 Å². The average Bonchev–Trinajstić information content (AvgIpc) is 2.67. The van der Waals surface area contributed by atoms with Crippen LogP contribution in [0.4, 0.5) is 0 Å². The first-order valence-electron chi connectivity index (χ1n) is 4.19. The van der Waals surface area contributed by atoms with Crippen LogP contribution in [-0.2, 0) is 0 Å². The molecule has 0 unspecified atom stereocenters. The van der Waals surface area contributed by atoms with E-state index in [4.69, 9.17) is 10.2 Å². The molecule has 5 nitrogen and oxygen atoms in total. The highest BCUT2D eigenvalue weighted by Crippen LogP contribution is 2.12. The minimum atomic E-state index is -0.287. The van der Waals surface area contributed by atoms with Crippen molar-refractivity contribution in [2.45, 2.75) is 13.8 Å². The Morgan fingerprint density at radius 1 is 1.47 bits per heavy atom. The molecule has 0 aromatic carbocycles. The molecule has 0 aliphatic rings. The number of nitrogens with zero attached hydrogens (tertiary/aromatic N) is 2. The minimum Gasteiger partial charge on any atom is -0.460 e. The van der Waals surface area contributed by atoms with Gasteiger partial charge in [-0.25, -0.2) is 0 Å². The fourth-order valence-corrected chi connectivity index (χ4v) is 1.20. The molecule has 1 aromatic rings. The fraction of sp³-hybridized carbons (Fsp3) is 0.222. The van der Waals surface area contributed by atoms with Crippen molar-refractivity contribution in [2.24, 2.45) is 15.9 Å². The van der Waals surface area contributed by atoms with Gasteiger partial charge in [-0.3, -0.25) is 4.79 Å². The first-order valence-corrected chi connectivity index (χ1v) is 5.01. The van der Waals surface area contributed by atoms with Crippen molar-refractivity contribution < 1.29 is 9.21 Å². The quantitative estimate of drug-likeness (QED) is 0.473. The van der Waals surface area contributed by atoms with Crippen LogP contribution in [0.25, 0.3) is 0 Å². The van der Waals surface area contributed by atoms with Crippen molar-refractivity contribution >= 4 is 27.8 Å². The number of furan rings is 1. The zero-order chi connectivity index (χ0) is 11.3. The molecule has 0 amide bonds. The van der Waals surface area contributed by atoms with Gasteiger partial charge in [-0.15, -0.1) is 5.10 Å². The van der Waals surface area contributed by atoms with E-state index in [1.54, 1.807) is 26.0 Å². The van der Waals surface area contributed by atoms with E-state index >= 15 is 0 Å². The first-order chi connectivity index (χ1) is 7.09. The number of nitrogens with two attached hydrogens (primary N) is 1. The Morgan fingerprint density at radius 3 is 2.73 bits per heavy atom. The van der Waals surface area contributed by atoms with Gasteiger partial charge in [0, 0.05) is 5.71 Å². The lowest BCUT2D eigenvalue weighted by atomic mass is 10.5. The molecule has 0 bridgehead atoms. The number of hydrogen-bond acceptors (Lipinski definition) is 5. The zero-order valence-electron chi connectivity index (χ0n) is 8.43. The van der Waals surface area contributed by atoms with Crippen molar-refractivity contribution in [1.82, 2.24) is 0 Å². The summed E-state index contributed by atoms with van der Waals surface area (Å²) < 4.78 is 4.91. The molecule has 0 aliphatic heterocycles. The van der Waals surface area contributed by atoms with E-state index in [2.05, 4.69) is 10.2 Å². The predicted molar refractivity (Wildman–Crippen MR) is 61.0 cm³/mol. The van der Waals surface area contributed by atoms with Gasteiger partial charge in [-0.1, -0.05) is 0 Å². The maximum absolute atomic E-state index is 11.4. The molecule has 0 saturated carbocycles. The summed E-state index contributed by atoms with van der Waals surface area (Å²) in [5.41, 5.74) is 6.24. The fourth-order valence-electron chi connectivity index (χ4n) is 0.710. The molecule has 0 aliphatic carbocycles. The normalized spacial score (nSPS) is 11.2. The van der Waals surface area contributed by atoms with Gasteiger partial charge in [0.25, 0.3) is 5.12 Å². The van der Waals surface area contributed by atoms with Gasteiger partial charge < -0.3 is 10.2 Å². The number of rotatable bonds is 2. The number of thioether (sulfide) groups is 1. The summed E-state index contributed by atoms with van der Waals surface area (Å²) in [4.78, 5) is 11.4. The van der Waals surface area contributed by atoms with Gasteiger partial charge in [0.1, 0.15) is 0 Å². The summed E-state index contributed by atoms with van der Waals surface area (Å²) in [6, 6.07) is 3.20. The minimum absolute atomic E-state index is 0.0950. The monoisotopic (exact) mass is 225 g/mol. The second-order valence-electron chi connectivity index (χ2n) is 2.85. The number of carbonyl (C=O) groups is 1. The molecule has 2 N–H and O–H groups in total. The van der Waals surface area contributed by atoms with Gasteiger partial charge in [0.05, 0.1) is 6.26 Å². The highest BCUT2D eigenvalue weighted by atomic mass is 32.2. The highest BCUT2D eigenvalue weighted by molar-refractivity contribution is 8.26. The van der Waals surface area contributed by atoms with Crippen LogP contribution in [0, 0.1) is 0 Å². The molecule has 1 heterocycles. The SMILES string of the molecule is CC(C)=N/N=C(\N)SC(=O)c1ccco1. The summed E-state index contributed by atoms with van der Waals surface area (Å²) in [7, 11) is 0. The van der Waals surface area contributed by atoms with Crippen LogP contribution >= 0.6 is 11.8 Å². The van der Waals surface area contributed by atoms with Gasteiger partial charge in [0.2, 0.25) is 0 Å². The number of carbonyl (C=O) groups excluding carboxylic acids is 1. The molecule has 0 fully saturated rings. The lowest BCUT2D eigenvalue weighted by Gasteiger charge is -1.94. The Bertz CT molecular complexity index is 391. The molecule has 1 aromatic heterocycles. The summed E-state index contributed by atoms with van der Waals surface area (Å²) >= 11 is 0.787. The van der Waals surface area contributed by atoms with Crippen molar-refractivity contribution in [3.63, 3.8) is 0 Å². The first kappa shape index (κ1) is 11.5. The van der Waals surface area contributed by atoms with E-state index in [0.717, 1.165) is 17.5 Å². The van der Waals surface area contributed by atoms with Gasteiger partial charge >= 0.3 is 0 Å². The van der Waals surface area contributed by atoms with E-state index in [1.807, 2.05) is 0 Å². The Morgan fingerprint density at radius 2 is 2.20 bits per heavy atom. The molecular formula is C9H11N3O2S. The standard InChI is InChI=1S/C9H11N3O2S/c1-6(2)11-12-9(10)15-8(13)7-4-3-5-14-7/h3-5H,1-2H3,(H2,10,12). The van der Waals surface area contributed by atoms with E-state index in [0.29, 0.717) is 0 Å². The molecule has 0 spiro atoms. The Balaban J connectivity index is 2.60. The van der Waals surface area contributed by atoms with E-state index in [-0.39, 0.29) is 16.0 Å². The molecule has 1 rings (SSSR count). The summed E-state index contributed by atoms with van der Waals surface area (Å²) in [6.45, 7) is 3.57. The average molecular weight is 225 g/mol. The molecule has 0 saturated heterocycles. The zero-order valence-corrected chi connectivity index (χ0v) is 9.25. The third-order valence-corrected chi connectivity index (χ3v) is 1.95. The molecule has 15 heavy (non-hydrogen) atoms. The predicted octanol–water partition coefficient (Wildman–Crippen LogP) is 1.86. The maximum atomic E-state index is 11.4. The van der Waals surface area contributed by atoms with Crippen molar-refractivity contribution in [1.29, 1.82) is 0 Å². The lowest BCUT2D eigenvalue weighted by molar-refractivity contribution is 0.106. The lowest BCUT2D eigenvalue weighted by Crippen LogP contribution is -2.09. The topological polar surface area (TPSA) is 81.0 Å². The van der Waals surface area contributed by atoms with Crippen LogP contribution in [-0.4, -0.2) is 16.0 Å². The third kappa shape index (κ3) is 3.99. The second kappa shape index (κ2) is 5.35. The van der Waals surface area contributed by atoms with Crippen molar-refractivity contribution in [3.8, 4) is 0 Å². The molecular weight excluding hydrogens is 214 g/mol. The smallest absolute Gasteiger partial charge is 0.262 e. The van der Waals surface area contributed by atoms with E-state index < -0.39 is 0 Å². The summed E-state index contributed by atoms with van der Waals surface area (Å²) in [5, 5.41) is 7.20. The largest absolute Gasteiger partial charge is 0.460 e. The maximum Gasteiger partial charge on any atom is 0.262 e.